The number of hydrogen-bond donors (Lipinski definition) is 1. The molecule has 2 aromatic carbocycles. The van der Waals surface area contributed by atoms with E-state index in [1.54, 1.807) is 0 Å². The first-order valence-corrected chi connectivity index (χ1v) is 13.3. The lowest BCUT2D eigenvalue weighted by Gasteiger charge is -2.29. The Balaban J connectivity index is 1.60. The summed E-state index contributed by atoms with van der Waals surface area (Å²) in [6, 6.07) is 14.3. The zero-order valence-electron chi connectivity index (χ0n) is 21.2. The maximum Gasteiger partial charge on any atom is 0.232 e. The van der Waals surface area contributed by atoms with Crippen LogP contribution in [0.4, 0.5) is 17.1 Å². The van der Waals surface area contributed by atoms with E-state index in [0.29, 0.717) is 6.42 Å². The molecule has 188 valence electrons. The third-order valence-corrected chi connectivity index (χ3v) is 7.13. The molecule has 1 fully saturated rings. The van der Waals surface area contributed by atoms with Gasteiger partial charge >= 0.3 is 0 Å². The lowest BCUT2D eigenvalue weighted by Crippen LogP contribution is -2.39. The Morgan fingerprint density at radius 2 is 1.63 bits per heavy atom. The summed E-state index contributed by atoms with van der Waals surface area (Å²) in [6.07, 6.45) is 5.96. The third kappa shape index (κ3) is 6.30. The summed E-state index contributed by atoms with van der Waals surface area (Å²) in [5.41, 5.74) is 4.92. The van der Waals surface area contributed by atoms with E-state index >= 15 is 0 Å². The van der Waals surface area contributed by atoms with Gasteiger partial charge < -0.3 is 10.1 Å². The molecule has 6 heteroatoms. The van der Waals surface area contributed by atoms with E-state index in [0.717, 1.165) is 94.0 Å². The number of amides is 2. The van der Waals surface area contributed by atoms with Crippen LogP contribution in [0, 0.1) is 5.92 Å². The molecule has 0 bridgehead atoms. The van der Waals surface area contributed by atoms with E-state index in [-0.39, 0.29) is 17.7 Å². The van der Waals surface area contributed by atoms with Gasteiger partial charge in [0.25, 0.3) is 0 Å². The number of carbonyl (C=O) groups is 2. The van der Waals surface area contributed by atoms with Gasteiger partial charge in [-0.3, -0.25) is 19.4 Å². The highest BCUT2D eigenvalue weighted by molar-refractivity contribution is 6.03. The van der Waals surface area contributed by atoms with Gasteiger partial charge in [-0.2, -0.15) is 0 Å². The number of fused-ring (bicyclic) bond motifs is 2. The largest absolute Gasteiger partial charge is 0.379 e. The Kier molecular flexibility index (Phi) is 8.94. The number of morpholine rings is 1. The number of anilines is 3. The number of ether oxygens (including phenoxy) is 1. The van der Waals surface area contributed by atoms with Gasteiger partial charge in [0.2, 0.25) is 11.8 Å². The zero-order valence-corrected chi connectivity index (χ0v) is 21.2. The van der Waals surface area contributed by atoms with Crippen LogP contribution in [0.15, 0.2) is 42.5 Å². The fraction of sp³-hybridized carbons (Fsp3) is 0.517. The number of carbonyl (C=O) groups excluding carboxylic acids is 2. The van der Waals surface area contributed by atoms with Gasteiger partial charge in [-0.1, -0.05) is 51.0 Å². The molecule has 0 unspecified atom stereocenters. The van der Waals surface area contributed by atoms with E-state index in [9.17, 15) is 9.59 Å². The van der Waals surface area contributed by atoms with E-state index in [1.807, 2.05) is 35.2 Å². The molecule has 35 heavy (non-hydrogen) atoms. The van der Waals surface area contributed by atoms with Crippen LogP contribution in [-0.4, -0.2) is 49.6 Å². The molecule has 2 amide bonds. The molecule has 0 atom stereocenters. The Labute approximate surface area is 209 Å². The molecule has 2 aromatic rings. The molecule has 0 spiro atoms. The minimum absolute atomic E-state index is 0.0239. The average Bonchev–Trinajstić information content (AvgIpc) is 3.04. The van der Waals surface area contributed by atoms with Crippen LogP contribution in [0.3, 0.4) is 0 Å². The van der Waals surface area contributed by atoms with Crippen molar-refractivity contribution in [2.75, 3.05) is 43.1 Å². The van der Waals surface area contributed by atoms with Crippen molar-refractivity contribution in [3.8, 4) is 0 Å². The smallest absolute Gasteiger partial charge is 0.232 e. The molecular formula is C29H39N3O3. The average molecular weight is 478 g/mol. The summed E-state index contributed by atoms with van der Waals surface area (Å²) >= 11 is 0. The number of benzene rings is 2. The monoisotopic (exact) mass is 477 g/mol. The molecular weight excluding hydrogens is 438 g/mol. The van der Waals surface area contributed by atoms with Gasteiger partial charge in [-0.15, -0.1) is 0 Å². The van der Waals surface area contributed by atoms with Gasteiger partial charge in [0.1, 0.15) is 0 Å². The lowest BCUT2D eigenvalue weighted by atomic mass is 9.97. The highest BCUT2D eigenvalue weighted by Crippen LogP contribution is 2.38. The number of nitrogens with zero attached hydrogens (tertiary/aromatic N) is 2. The summed E-state index contributed by atoms with van der Waals surface area (Å²) in [5, 5.41) is 3.15. The summed E-state index contributed by atoms with van der Waals surface area (Å²) < 4.78 is 5.45. The van der Waals surface area contributed by atoms with Crippen LogP contribution in [0.1, 0.15) is 57.1 Å². The van der Waals surface area contributed by atoms with Crippen molar-refractivity contribution in [3.05, 3.63) is 53.6 Å². The Morgan fingerprint density at radius 3 is 2.34 bits per heavy atom. The van der Waals surface area contributed by atoms with Gasteiger partial charge in [0, 0.05) is 37.7 Å². The maximum absolute atomic E-state index is 13.7. The minimum atomic E-state index is 0.0239. The lowest BCUT2D eigenvalue weighted by molar-refractivity contribution is -0.120. The zero-order chi connectivity index (χ0) is 24.6. The predicted octanol–water partition coefficient (Wildman–Crippen LogP) is 5.33. The van der Waals surface area contributed by atoms with Gasteiger partial charge in [-0.05, 0) is 55.0 Å². The molecule has 0 aliphatic carbocycles. The quantitative estimate of drug-likeness (QED) is 0.530. The molecule has 2 aliphatic heterocycles. The Bertz CT molecular complexity index is 1010. The van der Waals surface area contributed by atoms with Crippen molar-refractivity contribution in [1.82, 2.24) is 4.90 Å². The SMILES string of the molecule is CCCC(CCC)C(=O)Nc1ccc2c(c1)N(C(=O)CCN1CCOCC1)c1ccccc1CC2. The first-order valence-electron chi connectivity index (χ1n) is 13.3. The Morgan fingerprint density at radius 1 is 0.943 bits per heavy atom. The van der Waals surface area contributed by atoms with Crippen molar-refractivity contribution in [1.29, 1.82) is 0 Å². The van der Waals surface area contributed by atoms with Crippen molar-refractivity contribution < 1.29 is 14.3 Å². The Hall–Kier alpha value is -2.70. The molecule has 0 aromatic heterocycles. The molecule has 0 radical (unpaired) electrons. The van der Waals surface area contributed by atoms with Gasteiger partial charge in [0.15, 0.2) is 0 Å². The van der Waals surface area contributed by atoms with E-state index in [4.69, 9.17) is 4.74 Å². The van der Waals surface area contributed by atoms with Crippen LogP contribution in [0.5, 0.6) is 0 Å². The first-order chi connectivity index (χ1) is 17.1. The maximum atomic E-state index is 13.7. The molecule has 1 saturated heterocycles. The normalized spacial score (nSPS) is 15.9. The van der Waals surface area contributed by atoms with E-state index in [1.165, 1.54) is 5.56 Å². The van der Waals surface area contributed by atoms with Crippen molar-refractivity contribution >= 4 is 28.9 Å². The standard InChI is InChI=1S/C29H39N3O3/c1-3-7-24(8-4-2)29(34)30-25-14-13-23-12-11-22-9-5-6-10-26(22)32(27(23)21-25)28(33)15-16-31-17-19-35-20-18-31/h5-6,9-10,13-14,21,24H,3-4,7-8,11-12,15-20H2,1-2H3,(H,30,34). The molecule has 2 heterocycles. The summed E-state index contributed by atoms with van der Waals surface area (Å²) in [7, 11) is 0. The fourth-order valence-corrected chi connectivity index (χ4v) is 5.21. The van der Waals surface area contributed by atoms with Crippen molar-refractivity contribution in [2.45, 2.75) is 58.8 Å². The second-order valence-corrected chi connectivity index (χ2v) is 9.67. The molecule has 0 saturated carbocycles. The van der Waals surface area contributed by atoms with Crippen LogP contribution < -0.4 is 10.2 Å². The van der Waals surface area contributed by atoms with E-state index in [2.05, 4.69) is 36.2 Å². The third-order valence-electron chi connectivity index (χ3n) is 7.13. The summed E-state index contributed by atoms with van der Waals surface area (Å²) in [4.78, 5) is 30.9. The van der Waals surface area contributed by atoms with Crippen LogP contribution in [0.2, 0.25) is 0 Å². The van der Waals surface area contributed by atoms with E-state index < -0.39 is 0 Å². The van der Waals surface area contributed by atoms with Crippen LogP contribution in [-0.2, 0) is 27.2 Å². The summed E-state index contributed by atoms with van der Waals surface area (Å²) in [5.74, 6) is 0.189. The number of para-hydroxylation sites is 1. The van der Waals surface area contributed by atoms with Crippen molar-refractivity contribution in [2.24, 2.45) is 5.92 Å². The number of aryl methyl sites for hydroxylation is 2. The van der Waals surface area contributed by atoms with Crippen LogP contribution in [0.25, 0.3) is 0 Å². The molecule has 6 nitrogen and oxygen atoms in total. The molecule has 4 rings (SSSR count). The molecule has 2 aliphatic rings. The van der Waals surface area contributed by atoms with Gasteiger partial charge in [0.05, 0.1) is 24.6 Å². The fourth-order valence-electron chi connectivity index (χ4n) is 5.21. The second kappa shape index (κ2) is 12.3. The summed E-state index contributed by atoms with van der Waals surface area (Å²) in [6.45, 7) is 8.16. The highest BCUT2D eigenvalue weighted by atomic mass is 16.5. The van der Waals surface area contributed by atoms with Crippen LogP contribution >= 0.6 is 0 Å². The van der Waals surface area contributed by atoms with Gasteiger partial charge in [-0.25, -0.2) is 0 Å². The highest BCUT2D eigenvalue weighted by Gasteiger charge is 2.27. The number of rotatable bonds is 9. The predicted molar refractivity (Wildman–Crippen MR) is 141 cm³/mol. The topological polar surface area (TPSA) is 61.9 Å². The number of hydrogen-bond acceptors (Lipinski definition) is 4. The number of nitrogens with one attached hydrogen (secondary N) is 1. The first kappa shape index (κ1) is 25.4. The minimum Gasteiger partial charge on any atom is -0.379 e. The molecule has 1 N–H and O–H groups in total. The second-order valence-electron chi connectivity index (χ2n) is 9.67. The van der Waals surface area contributed by atoms with Crippen molar-refractivity contribution in [3.63, 3.8) is 0 Å².